The molecule has 108 valence electrons. The van der Waals surface area contributed by atoms with E-state index in [9.17, 15) is 4.79 Å². The van der Waals surface area contributed by atoms with Crippen LogP contribution in [0.15, 0.2) is 54.6 Å². The molecule has 0 unspecified atom stereocenters. The summed E-state index contributed by atoms with van der Waals surface area (Å²) in [7, 11) is 0. The van der Waals surface area contributed by atoms with Crippen LogP contribution in [-0.4, -0.2) is 17.7 Å². The second-order valence-electron chi connectivity index (χ2n) is 4.19. The molecule has 0 radical (unpaired) electrons. The summed E-state index contributed by atoms with van der Waals surface area (Å²) in [5.41, 5.74) is 1.43. The minimum atomic E-state index is -0.193. The van der Waals surface area contributed by atoms with Gasteiger partial charge in [0.25, 0.3) is 5.91 Å². The number of anilines is 1. The van der Waals surface area contributed by atoms with Crippen LogP contribution in [0.2, 0.25) is 5.02 Å². The molecule has 21 heavy (non-hydrogen) atoms. The Bertz CT molecular complexity index is 617. The van der Waals surface area contributed by atoms with Crippen molar-refractivity contribution in [2.45, 2.75) is 0 Å². The van der Waals surface area contributed by atoms with Gasteiger partial charge in [0.2, 0.25) is 0 Å². The Morgan fingerprint density at radius 3 is 2.33 bits per heavy atom. The van der Waals surface area contributed by atoms with Crippen LogP contribution in [0.25, 0.3) is 0 Å². The van der Waals surface area contributed by atoms with E-state index in [-0.39, 0.29) is 12.6 Å². The Labute approximate surface area is 133 Å². The quantitative estimate of drug-likeness (QED) is 0.599. The summed E-state index contributed by atoms with van der Waals surface area (Å²) in [6.45, 7) is 0.236. The summed E-state index contributed by atoms with van der Waals surface area (Å²) < 4.78 is 0. The van der Waals surface area contributed by atoms with Crippen molar-refractivity contribution >= 4 is 40.5 Å². The van der Waals surface area contributed by atoms with Crippen LogP contribution in [0.4, 0.5) is 5.69 Å². The third-order valence-corrected chi connectivity index (χ3v) is 3.13. The SMILES string of the molecule is O=C(NCNC(=S)Nc1ccccc1)c1ccc(Cl)cc1. The lowest BCUT2D eigenvalue weighted by molar-refractivity contribution is 0.0953. The molecular weight excluding hydrogens is 306 g/mol. The van der Waals surface area contributed by atoms with Gasteiger partial charge in [0.05, 0.1) is 6.67 Å². The third kappa shape index (κ3) is 5.06. The van der Waals surface area contributed by atoms with Crippen molar-refractivity contribution < 1.29 is 4.79 Å². The molecule has 6 heteroatoms. The number of amides is 1. The van der Waals surface area contributed by atoms with Crippen LogP contribution >= 0.6 is 23.8 Å². The molecule has 0 bridgehead atoms. The molecule has 0 aliphatic rings. The van der Waals surface area contributed by atoms with Gasteiger partial charge in [0, 0.05) is 16.3 Å². The highest BCUT2D eigenvalue weighted by Crippen LogP contribution is 2.09. The zero-order chi connectivity index (χ0) is 15.1. The number of carbonyl (C=O) groups is 1. The van der Waals surface area contributed by atoms with Crippen LogP contribution in [0.5, 0.6) is 0 Å². The average Bonchev–Trinajstić information content (AvgIpc) is 2.49. The van der Waals surface area contributed by atoms with E-state index < -0.39 is 0 Å². The Morgan fingerprint density at radius 1 is 1.00 bits per heavy atom. The number of carbonyl (C=O) groups excluding carboxylic acids is 1. The number of benzene rings is 2. The monoisotopic (exact) mass is 319 g/mol. The van der Waals surface area contributed by atoms with Crippen LogP contribution < -0.4 is 16.0 Å². The molecule has 2 aromatic carbocycles. The number of hydrogen-bond acceptors (Lipinski definition) is 2. The van der Waals surface area contributed by atoms with Crippen LogP contribution in [0.1, 0.15) is 10.4 Å². The van der Waals surface area contributed by atoms with Gasteiger partial charge in [-0.05, 0) is 48.6 Å². The molecule has 1 amide bonds. The van der Waals surface area contributed by atoms with Crippen molar-refractivity contribution in [3.05, 3.63) is 65.2 Å². The normalized spacial score (nSPS) is 9.76. The molecular formula is C15H14ClN3OS. The van der Waals surface area contributed by atoms with Crippen LogP contribution in [0.3, 0.4) is 0 Å². The predicted molar refractivity (Wildman–Crippen MR) is 89.6 cm³/mol. The maximum Gasteiger partial charge on any atom is 0.252 e. The lowest BCUT2D eigenvalue weighted by Gasteiger charge is -2.11. The summed E-state index contributed by atoms with van der Waals surface area (Å²) in [5.74, 6) is -0.193. The Balaban J connectivity index is 1.75. The number of rotatable bonds is 4. The van der Waals surface area contributed by atoms with Gasteiger partial charge in [-0.15, -0.1) is 0 Å². The van der Waals surface area contributed by atoms with E-state index in [1.165, 1.54) is 0 Å². The molecule has 0 spiro atoms. The lowest BCUT2D eigenvalue weighted by atomic mass is 10.2. The minimum Gasteiger partial charge on any atom is -0.345 e. The number of thiocarbonyl (C=S) groups is 1. The number of hydrogen-bond donors (Lipinski definition) is 3. The van der Waals surface area contributed by atoms with Gasteiger partial charge < -0.3 is 16.0 Å². The fourth-order valence-electron chi connectivity index (χ4n) is 1.60. The molecule has 0 heterocycles. The van der Waals surface area contributed by atoms with Gasteiger partial charge in [-0.25, -0.2) is 0 Å². The summed E-state index contributed by atoms with van der Waals surface area (Å²) in [6, 6.07) is 16.2. The van der Waals surface area contributed by atoms with Crippen molar-refractivity contribution in [3.8, 4) is 0 Å². The largest absolute Gasteiger partial charge is 0.345 e. The van der Waals surface area contributed by atoms with Crippen molar-refractivity contribution in [1.29, 1.82) is 0 Å². The summed E-state index contributed by atoms with van der Waals surface area (Å²) in [6.07, 6.45) is 0. The Hall–Kier alpha value is -2.11. The number of nitrogens with one attached hydrogen (secondary N) is 3. The smallest absolute Gasteiger partial charge is 0.252 e. The molecule has 0 saturated heterocycles. The van der Waals surface area contributed by atoms with Gasteiger partial charge in [0.15, 0.2) is 5.11 Å². The first-order valence-electron chi connectivity index (χ1n) is 6.29. The van der Waals surface area contributed by atoms with Crippen molar-refractivity contribution in [3.63, 3.8) is 0 Å². The number of halogens is 1. The lowest BCUT2D eigenvalue weighted by Crippen LogP contribution is -2.39. The molecule has 0 aliphatic heterocycles. The molecule has 0 aromatic heterocycles. The van der Waals surface area contributed by atoms with Crippen molar-refractivity contribution in [2.24, 2.45) is 0 Å². The summed E-state index contributed by atoms with van der Waals surface area (Å²) >= 11 is 10.9. The second-order valence-corrected chi connectivity index (χ2v) is 5.03. The predicted octanol–water partition coefficient (Wildman–Crippen LogP) is 3.01. The van der Waals surface area contributed by atoms with E-state index in [1.807, 2.05) is 30.3 Å². The van der Waals surface area contributed by atoms with Crippen LogP contribution in [-0.2, 0) is 0 Å². The molecule has 0 fully saturated rings. The van der Waals surface area contributed by atoms with Gasteiger partial charge in [-0.2, -0.15) is 0 Å². The van der Waals surface area contributed by atoms with Crippen LogP contribution in [0, 0.1) is 0 Å². The molecule has 2 aromatic rings. The topological polar surface area (TPSA) is 53.2 Å². The van der Waals surface area contributed by atoms with E-state index in [4.69, 9.17) is 23.8 Å². The van der Waals surface area contributed by atoms with Gasteiger partial charge in [0.1, 0.15) is 0 Å². The third-order valence-electron chi connectivity index (χ3n) is 2.64. The van der Waals surface area contributed by atoms with E-state index in [0.717, 1.165) is 5.69 Å². The molecule has 4 nitrogen and oxygen atoms in total. The zero-order valence-corrected chi connectivity index (χ0v) is 12.7. The van der Waals surface area contributed by atoms with Crippen molar-refractivity contribution in [1.82, 2.24) is 10.6 Å². The minimum absolute atomic E-state index is 0.193. The molecule has 2 rings (SSSR count). The average molecular weight is 320 g/mol. The maximum absolute atomic E-state index is 11.8. The molecule has 3 N–H and O–H groups in total. The highest BCUT2D eigenvalue weighted by molar-refractivity contribution is 7.80. The van der Waals surface area contributed by atoms with Gasteiger partial charge in [-0.1, -0.05) is 29.8 Å². The summed E-state index contributed by atoms with van der Waals surface area (Å²) in [5, 5.41) is 9.67. The zero-order valence-electron chi connectivity index (χ0n) is 11.1. The van der Waals surface area contributed by atoms with Crippen molar-refractivity contribution in [2.75, 3.05) is 12.0 Å². The van der Waals surface area contributed by atoms with Gasteiger partial charge in [-0.3, -0.25) is 4.79 Å². The molecule has 0 aliphatic carbocycles. The second kappa shape index (κ2) is 7.61. The number of para-hydroxylation sites is 1. The standard InChI is InChI=1S/C15H14ClN3OS/c16-12-8-6-11(7-9-12)14(20)17-10-18-15(21)19-13-4-2-1-3-5-13/h1-9H,10H2,(H,17,20)(H2,18,19,21). The first-order chi connectivity index (χ1) is 10.1. The fraction of sp³-hybridized carbons (Fsp3) is 0.0667. The first kappa shape index (κ1) is 15.3. The van der Waals surface area contributed by atoms with E-state index in [2.05, 4.69) is 16.0 Å². The Kier molecular flexibility index (Phi) is 5.54. The van der Waals surface area contributed by atoms with E-state index >= 15 is 0 Å². The fourth-order valence-corrected chi connectivity index (χ4v) is 1.92. The maximum atomic E-state index is 11.8. The highest BCUT2D eigenvalue weighted by atomic mass is 35.5. The van der Waals surface area contributed by atoms with Gasteiger partial charge >= 0.3 is 0 Å². The highest BCUT2D eigenvalue weighted by Gasteiger charge is 2.04. The summed E-state index contributed by atoms with van der Waals surface area (Å²) in [4.78, 5) is 11.8. The molecule has 0 atom stereocenters. The first-order valence-corrected chi connectivity index (χ1v) is 7.07. The Morgan fingerprint density at radius 2 is 1.67 bits per heavy atom. The van der Waals surface area contributed by atoms with E-state index in [1.54, 1.807) is 24.3 Å². The van der Waals surface area contributed by atoms with E-state index in [0.29, 0.717) is 15.7 Å². The molecule has 0 saturated carbocycles.